The highest BCUT2D eigenvalue weighted by Crippen LogP contribution is 2.31. The van der Waals surface area contributed by atoms with E-state index in [0.717, 1.165) is 6.20 Å². The predicted molar refractivity (Wildman–Crippen MR) is 66.4 cm³/mol. The van der Waals surface area contributed by atoms with Gasteiger partial charge in [0.15, 0.2) is 0 Å². The first kappa shape index (κ1) is 13.1. The largest absolute Gasteiger partial charge is 0.481 e. The van der Waals surface area contributed by atoms with Gasteiger partial charge in [0.25, 0.3) is 0 Å². The number of nitrogens with zero attached hydrogens (tertiary/aromatic N) is 2. The van der Waals surface area contributed by atoms with Crippen LogP contribution < -0.4 is 4.90 Å². The molecule has 1 aliphatic rings. The lowest BCUT2D eigenvalue weighted by atomic mass is 9.92. The predicted octanol–water partition coefficient (Wildman–Crippen LogP) is 2.56. The molecule has 1 aromatic heterocycles. The third-order valence-corrected chi connectivity index (χ3v) is 3.56. The van der Waals surface area contributed by atoms with Gasteiger partial charge in [-0.2, -0.15) is 0 Å². The molecule has 0 aliphatic carbocycles. The van der Waals surface area contributed by atoms with Crippen LogP contribution in [0.25, 0.3) is 0 Å². The number of hydrogen-bond acceptors (Lipinski definition) is 3. The van der Waals surface area contributed by atoms with Gasteiger partial charge in [0, 0.05) is 12.6 Å². The lowest BCUT2D eigenvalue weighted by Crippen LogP contribution is -2.43. The second-order valence-electron chi connectivity index (χ2n) is 4.56. The van der Waals surface area contributed by atoms with Gasteiger partial charge in [0.1, 0.15) is 11.6 Å². The van der Waals surface area contributed by atoms with Crippen LogP contribution in [-0.4, -0.2) is 28.6 Å². The van der Waals surface area contributed by atoms with Crippen molar-refractivity contribution in [1.82, 2.24) is 4.98 Å². The molecule has 0 saturated carbocycles. The fourth-order valence-electron chi connectivity index (χ4n) is 2.33. The molecule has 18 heavy (non-hydrogen) atoms. The van der Waals surface area contributed by atoms with E-state index in [4.69, 9.17) is 16.7 Å². The zero-order chi connectivity index (χ0) is 13.3. The molecule has 6 heteroatoms. The molecule has 4 nitrogen and oxygen atoms in total. The van der Waals surface area contributed by atoms with Crippen molar-refractivity contribution in [1.29, 1.82) is 0 Å². The number of rotatable bonds is 2. The Kier molecular flexibility index (Phi) is 3.71. The molecule has 0 amide bonds. The van der Waals surface area contributed by atoms with Crippen molar-refractivity contribution < 1.29 is 14.3 Å². The van der Waals surface area contributed by atoms with Crippen LogP contribution in [0.1, 0.15) is 19.8 Å². The Morgan fingerprint density at radius 1 is 1.67 bits per heavy atom. The number of carbonyl (C=O) groups is 1. The number of anilines is 1. The monoisotopic (exact) mass is 272 g/mol. The van der Waals surface area contributed by atoms with Crippen molar-refractivity contribution in [3.05, 3.63) is 23.1 Å². The minimum atomic E-state index is -0.764. The molecule has 0 radical (unpaired) electrons. The van der Waals surface area contributed by atoms with Crippen molar-refractivity contribution in [2.45, 2.75) is 25.8 Å². The molecule has 1 saturated heterocycles. The summed E-state index contributed by atoms with van der Waals surface area (Å²) in [4.78, 5) is 16.9. The van der Waals surface area contributed by atoms with Gasteiger partial charge >= 0.3 is 5.97 Å². The molecular weight excluding hydrogens is 259 g/mol. The maximum Gasteiger partial charge on any atom is 0.306 e. The van der Waals surface area contributed by atoms with Crippen LogP contribution in [-0.2, 0) is 4.79 Å². The van der Waals surface area contributed by atoms with E-state index in [1.807, 2.05) is 11.8 Å². The first-order valence-corrected chi connectivity index (χ1v) is 6.17. The van der Waals surface area contributed by atoms with E-state index in [9.17, 15) is 9.18 Å². The van der Waals surface area contributed by atoms with Gasteiger partial charge in [-0.3, -0.25) is 4.79 Å². The summed E-state index contributed by atoms with van der Waals surface area (Å²) >= 11 is 5.97. The summed E-state index contributed by atoms with van der Waals surface area (Å²) in [5, 5.41) is 9.25. The summed E-state index contributed by atoms with van der Waals surface area (Å²) < 4.78 is 12.9. The number of aromatic nitrogens is 1. The molecule has 2 rings (SSSR count). The van der Waals surface area contributed by atoms with Crippen LogP contribution >= 0.6 is 11.6 Å². The number of aliphatic carboxylic acids is 1. The van der Waals surface area contributed by atoms with Crippen molar-refractivity contribution in [2.24, 2.45) is 5.92 Å². The third-order valence-electron chi connectivity index (χ3n) is 3.29. The summed E-state index contributed by atoms with van der Waals surface area (Å²) in [5.74, 6) is -1.04. The SMILES string of the molecule is CC1CC(C(=O)O)CCN1c1ncc(F)cc1Cl. The van der Waals surface area contributed by atoms with Crippen LogP contribution in [0.2, 0.25) is 5.02 Å². The average Bonchev–Trinajstić information content (AvgIpc) is 2.30. The van der Waals surface area contributed by atoms with Crippen LogP contribution in [0.3, 0.4) is 0 Å². The number of carboxylic acid groups (broad SMARTS) is 1. The summed E-state index contributed by atoms with van der Waals surface area (Å²) in [5.41, 5.74) is 0. The van der Waals surface area contributed by atoms with Crippen molar-refractivity contribution >= 4 is 23.4 Å². The highest BCUT2D eigenvalue weighted by molar-refractivity contribution is 6.32. The Morgan fingerprint density at radius 3 is 2.94 bits per heavy atom. The summed E-state index contributed by atoms with van der Waals surface area (Å²) in [6.07, 6.45) is 2.22. The molecule has 2 unspecified atom stereocenters. The van der Waals surface area contributed by atoms with Gasteiger partial charge in [-0.1, -0.05) is 11.6 Å². The molecule has 2 heterocycles. The quantitative estimate of drug-likeness (QED) is 0.899. The zero-order valence-electron chi connectivity index (χ0n) is 9.94. The highest BCUT2D eigenvalue weighted by atomic mass is 35.5. The number of halogens is 2. The lowest BCUT2D eigenvalue weighted by molar-refractivity contribution is -0.142. The van der Waals surface area contributed by atoms with Crippen LogP contribution in [0.5, 0.6) is 0 Å². The molecule has 0 aromatic carbocycles. The Balaban J connectivity index is 2.17. The fourth-order valence-corrected chi connectivity index (χ4v) is 2.59. The molecule has 2 atom stereocenters. The smallest absolute Gasteiger partial charge is 0.306 e. The van der Waals surface area contributed by atoms with E-state index in [0.29, 0.717) is 25.2 Å². The molecule has 1 N–H and O–H groups in total. The van der Waals surface area contributed by atoms with Crippen LogP contribution in [0.4, 0.5) is 10.2 Å². The van der Waals surface area contributed by atoms with E-state index in [-0.39, 0.29) is 17.0 Å². The topological polar surface area (TPSA) is 53.4 Å². The molecule has 1 aromatic rings. The molecule has 0 bridgehead atoms. The number of piperidine rings is 1. The Labute approximate surface area is 109 Å². The van der Waals surface area contributed by atoms with Gasteiger partial charge in [0.2, 0.25) is 0 Å². The van der Waals surface area contributed by atoms with E-state index < -0.39 is 11.8 Å². The standard InChI is InChI=1S/C12H14ClFN2O2/c1-7-4-8(12(17)18)2-3-16(7)11-10(13)5-9(14)6-15-11/h5-8H,2-4H2,1H3,(H,17,18). The first-order chi connectivity index (χ1) is 8.49. The van der Waals surface area contributed by atoms with E-state index in [2.05, 4.69) is 4.98 Å². The Morgan fingerprint density at radius 2 is 2.39 bits per heavy atom. The highest BCUT2D eigenvalue weighted by Gasteiger charge is 2.31. The van der Waals surface area contributed by atoms with Crippen LogP contribution in [0, 0.1) is 11.7 Å². The zero-order valence-corrected chi connectivity index (χ0v) is 10.7. The van der Waals surface area contributed by atoms with E-state index in [1.165, 1.54) is 6.07 Å². The molecule has 1 fully saturated rings. The van der Waals surface area contributed by atoms with Crippen LogP contribution in [0.15, 0.2) is 12.3 Å². The van der Waals surface area contributed by atoms with Crippen molar-refractivity contribution in [3.8, 4) is 0 Å². The van der Waals surface area contributed by atoms with E-state index >= 15 is 0 Å². The average molecular weight is 273 g/mol. The van der Waals surface area contributed by atoms with Gasteiger partial charge < -0.3 is 10.0 Å². The lowest BCUT2D eigenvalue weighted by Gasteiger charge is -2.37. The van der Waals surface area contributed by atoms with Crippen molar-refractivity contribution in [2.75, 3.05) is 11.4 Å². The summed E-state index contributed by atoms with van der Waals surface area (Å²) in [6, 6.07) is 1.25. The third kappa shape index (κ3) is 2.56. The minimum absolute atomic E-state index is 0.0234. The fraction of sp³-hybridized carbons (Fsp3) is 0.500. The second kappa shape index (κ2) is 5.10. The first-order valence-electron chi connectivity index (χ1n) is 5.79. The Hall–Kier alpha value is -1.36. The van der Waals surface area contributed by atoms with Crippen molar-refractivity contribution in [3.63, 3.8) is 0 Å². The number of hydrogen-bond donors (Lipinski definition) is 1. The molecule has 0 spiro atoms. The van der Waals surface area contributed by atoms with Gasteiger partial charge in [-0.15, -0.1) is 0 Å². The Bertz CT molecular complexity index is 469. The minimum Gasteiger partial charge on any atom is -0.481 e. The van der Waals surface area contributed by atoms with E-state index in [1.54, 1.807) is 0 Å². The molecule has 98 valence electrons. The summed E-state index contributed by atoms with van der Waals surface area (Å²) in [7, 11) is 0. The van der Waals surface area contributed by atoms with Gasteiger partial charge in [-0.25, -0.2) is 9.37 Å². The summed E-state index contributed by atoms with van der Waals surface area (Å²) in [6.45, 7) is 2.49. The van der Waals surface area contributed by atoms with Gasteiger partial charge in [0.05, 0.1) is 17.1 Å². The molecular formula is C12H14ClFN2O2. The van der Waals surface area contributed by atoms with Gasteiger partial charge in [-0.05, 0) is 25.8 Å². The maximum absolute atomic E-state index is 12.9. The normalized spacial score (nSPS) is 24.1. The molecule has 1 aliphatic heterocycles. The second-order valence-corrected chi connectivity index (χ2v) is 4.97. The number of pyridine rings is 1. The maximum atomic E-state index is 12.9. The number of carboxylic acids is 1.